The largest absolute Gasteiger partial charge is 0.480 e. The first-order valence-electron chi connectivity index (χ1n) is 5.41. The Hall–Kier alpha value is -1.27. The van der Waals surface area contributed by atoms with E-state index < -0.39 is 17.5 Å². The van der Waals surface area contributed by atoms with Crippen LogP contribution < -0.4 is 10.6 Å². The minimum Gasteiger partial charge on any atom is -0.480 e. The van der Waals surface area contributed by atoms with Gasteiger partial charge in [0.1, 0.15) is 5.54 Å². The normalized spacial score (nSPS) is 11.0. The van der Waals surface area contributed by atoms with Gasteiger partial charge >= 0.3 is 12.0 Å². The van der Waals surface area contributed by atoms with Crippen LogP contribution >= 0.6 is 27.5 Å². The van der Waals surface area contributed by atoms with E-state index in [1.165, 1.54) is 13.8 Å². The highest BCUT2D eigenvalue weighted by molar-refractivity contribution is 9.10. The van der Waals surface area contributed by atoms with Crippen LogP contribution in [0.2, 0.25) is 5.02 Å². The summed E-state index contributed by atoms with van der Waals surface area (Å²) < 4.78 is 0.665. The molecule has 0 aliphatic rings. The number of rotatable bonds is 3. The molecule has 0 bridgehead atoms. The Labute approximate surface area is 124 Å². The van der Waals surface area contributed by atoms with Crippen molar-refractivity contribution in [3.05, 3.63) is 27.2 Å². The molecule has 1 rings (SSSR count). The van der Waals surface area contributed by atoms with Crippen molar-refractivity contribution in [3.8, 4) is 0 Å². The molecule has 19 heavy (non-hydrogen) atoms. The number of nitrogens with one attached hydrogen (secondary N) is 2. The minimum atomic E-state index is -1.36. The van der Waals surface area contributed by atoms with Gasteiger partial charge in [-0.15, -0.1) is 0 Å². The lowest BCUT2D eigenvalue weighted by atomic mass is 10.1. The first kappa shape index (κ1) is 15.8. The van der Waals surface area contributed by atoms with Crippen molar-refractivity contribution in [3.63, 3.8) is 0 Å². The molecular formula is C12H14BrClN2O3. The quantitative estimate of drug-likeness (QED) is 0.782. The summed E-state index contributed by atoms with van der Waals surface area (Å²) in [5.41, 5.74) is -0.0231. The van der Waals surface area contributed by atoms with E-state index in [-0.39, 0.29) is 0 Å². The number of hydrogen-bond acceptors (Lipinski definition) is 2. The van der Waals surface area contributed by atoms with Gasteiger partial charge in [-0.2, -0.15) is 0 Å². The van der Waals surface area contributed by atoms with Crippen LogP contribution in [0, 0.1) is 6.92 Å². The van der Waals surface area contributed by atoms with E-state index in [1.807, 2.05) is 6.92 Å². The number of anilines is 1. The number of hydrogen-bond donors (Lipinski definition) is 3. The van der Waals surface area contributed by atoms with Crippen molar-refractivity contribution in [1.82, 2.24) is 5.32 Å². The molecule has 0 heterocycles. The van der Waals surface area contributed by atoms with Crippen LogP contribution in [-0.2, 0) is 4.79 Å². The second-order valence-electron chi connectivity index (χ2n) is 4.59. The van der Waals surface area contributed by atoms with Crippen molar-refractivity contribution in [1.29, 1.82) is 0 Å². The molecule has 0 aliphatic carbocycles. The topological polar surface area (TPSA) is 78.4 Å². The van der Waals surface area contributed by atoms with Crippen molar-refractivity contribution in [2.24, 2.45) is 0 Å². The summed E-state index contributed by atoms with van der Waals surface area (Å²) in [5, 5.41) is 14.3. The fraction of sp³-hybridized carbons (Fsp3) is 0.333. The first-order valence-corrected chi connectivity index (χ1v) is 6.59. The molecule has 2 amide bonds. The van der Waals surface area contributed by atoms with Crippen LogP contribution in [0.3, 0.4) is 0 Å². The molecule has 0 saturated carbocycles. The van der Waals surface area contributed by atoms with E-state index in [4.69, 9.17) is 16.7 Å². The Morgan fingerprint density at radius 1 is 1.37 bits per heavy atom. The molecule has 0 atom stereocenters. The summed E-state index contributed by atoms with van der Waals surface area (Å²) in [4.78, 5) is 22.6. The Kier molecular flexibility index (Phi) is 4.81. The Morgan fingerprint density at radius 3 is 2.47 bits per heavy atom. The number of carboxylic acids is 1. The lowest BCUT2D eigenvalue weighted by molar-refractivity contribution is -0.142. The lowest BCUT2D eigenvalue weighted by Gasteiger charge is -2.21. The zero-order valence-corrected chi connectivity index (χ0v) is 13.0. The molecule has 3 N–H and O–H groups in total. The first-order chi connectivity index (χ1) is 8.63. The molecule has 0 radical (unpaired) electrons. The van der Waals surface area contributed by atoms with Crippen LogP contribution in [0.4, 0.5) is 10.5 Å². The minimum absolute atomic E-state index is 0.467. The highest BCUT2D eigenvalue weighted by atomic mass is 79.9. The summed E-state index contributed by atoms with van der Waals surface area (Å²) in [6.45, 7) is 4.63. The number of carboxylic acid groups (broad SMARTS) is 1. The van der Waals surface area contributed by atoms with E-state index in [2.05, 4.69) is 26.6 Å². The number of benzene rings is 1. The fourth-order valence-corrected chi connectivity index (χ4v) is 1.95. The van der Waals surface area contributed by atoms with Gasteiger partial charge in [-0.3, -0.25) is 0 Å². The van der Waals surface area contributed by atoms with Crippen molar-refractivity contribution >= 4 is 45.2 Å². The van der Waals surface area contributed by atoms with Crippen LogP contribution in [0.15, 0.2) is 16.6 Å². The van der Waals surface area contributed by atoms with E-state index in [9.17, 15) is 9.59 Å². The Morgan fingerprint density at radius 2 is 1.95 bits per heavy atom. The lowest BCUT2D eigenvalue weighted by Crippen LogP contribution is -2.51. The number of aryl methyl sites for hydroxylation is 1. The van der Waals surface area contributed by atoms with Crippen LogP contribution in [0.5, 0.6) is 0 Å². The van der Waals surface area contributed by atoms with Gasteiger partial charge in [-0.1, -0.05) is 11.6 Å². The van der Waals surface area contributed by atoms with Gasteiger partial charge in [-0.25, -0.2) is 9.59 Å². The van der Waals surface area contributed by atoms with Gasteiger partial charge in [0.25, 0.3) is 0 Å². The summed E-state index contributed by atoms with van der Waals surface area (Å²) in [5.74, 6) is -1.12. The van der Waals surface area contributed by atoms with Crippen molar-refractivity contribution < 1.29 is 14.7 Å². The van der Waals surface area contributed by atoms with E-state index in [1.54, 1.807) is 12.1 Å². The van der Waals surface area contributed by atoms with Crippen LogP contribution in [0.25, 0.3) is 0 Å². The molecule has 0 fully saturated rings. The summed E-state index contributed by atoms with van der Waals surface area (Å²) >= 11 is 9.27. The highest BCUT2D eigenvalue weighted by Crippen LogP contribution is 2.29. The Balaban J connectivity index is 2.84. The zero-order chi connectivity index (χ0) is 14.8. The molecule has 1 aromatic rings. The molecular weight excluding hydrogens is 336 g/mol. The summed E-state index contributed by atoms with van der Waals surface area (Å²) in [6, 6.07) is 2.74. The SMILES string of the molecule is Cc1cc(Br)c(NC(=O)NC(C)(C)C(=O)O)cc1Cl. The predicted molar refractivity (Wildman–Crippen MR) is 77.8 cm³/mol. The third-order valence-electron chi connectivity index (χ3n) is 2.46. The van der Waals surface area contributed by atoms with Gasteiger partial charge in [0, 0.05) is 9.50 Å². The second kappa shape index (κ2) is 5.79. The monoisotopic (exact) mass is 348 g/mol. The maximum absolute atomic E-state index is 11.7. The van der Waals surface area contributed by atoms with Gasteiger partial charge in [0.05, 0.1) is 5.69 Å². The number of carbonyl (C=O) groups is 2. The number of carbonyl (C=O) groups excluding carboxylic acids is 1. The fourth-order valence-electron chi connectivity index (χ4n) is 1.23. The molecule has 0 saturated heterocycles. The molecule has 104 valence electrons. The average Bonchev–Trinajstić information content (AvgIpc) is 2.24. The molecule has 0 aliphatic heterocycles. The molecule has 0 aromatic heterocycles. The van der Waals surface area contributed by atoms with Crippen molar-refractivity contribution in [2.45, 2.75) is 26.3 Å². The predicted octanol–water partition coefficient (Wildman–Crippen LogP) is 3.40. The third-order valence-corrected chi connectivity index (χ3v) is 3.52. The summed E-state index contributed by atoms with van der Waals surface area (Å²) in [6.07, 6.45) is 0. The molecule has 0 unspecified atom stereocenters. The van der Waals surface area contributed by atoms with E-state index in [0.29, 0.717) is 15.2 Å². The van der Waals surface area contributed by atoms with Gasteiger partial charge < -0.3 is 15.7 Å². The number of urea groups is 1. The number of amides is 2. The zero-order valence-electron chi connectivity index (χ0n) is 10.7. The smallest absolute Gasteiger partial charge is 0.328 e. The van der Waals surface area contributed by atoms with E-state index in [0.717, 1.165) is 5.56 Å². The van der Waals surface area contributed by atoms with Gasteiger partial charge in [0.15, 0.2) is 0 Å². The standard InChI is InChI=1S/C12H14BrClN2O3/c1-6-4-7(13)9(5-8(6)14)15-11(19)16-12(2,3)10(17)18/h4-5H,1-3H3,(H,17,18)(H2,15,16,19). The number of halogens is 2. The summed E-state index contributed by atoms with van der Waals surface area (Å²) in [7, 11) is 0. The van der Waals surface area contributed by atoms with Crippen LogP contribution in [-0.4, -0.2) is 22.6 Å². The second-order valence-corrected chi connectivity index (χ2v) is 5.85. The molecule has 5 nitrogen and oxygen atoms in total. The van der Waals surface area contributed by atoms with Gasteiger partial charge in [-0.05, 0) is 54.4 Å². The maximum Gasteiger partial charge on any atom is 0.328 e. The van der Waals surface area contributed by atoms with Gasteiger partial charge in [0.2, 0.25) is 0 Å². The van der Waals surface area contributed by atoms with Crippen LogP contribution in [0.1, 0.15) is 19.4 Å². The third kappa shape index (κ3) is 4.11. The Bertz CT molecular complexity index is 532. The molecule has 7 heteroatoms. The average molecular weight is 350 g/mol. The van der Waals surface area contributed by atoms with Crippen molar-refractivity contribution in [2.75, 3.05) is 5.32 Å². The highest BCUT2D eigenvalue weighted by Gasteiger charge is 2.29. The van der Waals surface area contributed by atoms with E-state index >= 15 is 0 Å². The molecule has 1 aromatic carbocycles. The maximum atomic E-state index is 11.7. The molecule has 0 spiro atoms. The number of aliphatic carboxylic acids is 1.